The molecule has 0 amide bonds. The van der Waals surface area contributed by atoms with Crippen molar-refractivity contribution in [3.63, 3.8) is 0 Å². The molecule has 0 spiro atoms. The average molecular weight is 307 g/mol. The lowest BCUT2D eigenvalue weighted by Crippen LogP contribution is -2.09. The van der Waals surface area contributed by atoms with E-state index in [1.165, 1.54) is 5.56 Å². The highest BCUT2D eigenvalue weighted by molar-refractivity contribution is 5.36. The Balaban J connectivity index is 1.59. The van der Waals surface area contributed by atoms with E-state index in [9.17, 15) is 0 Å². The van der Waals surface area contributed by atoms with Crippen molar-refractivity contribution in [2.45, 2.75) is 26.7 Å². The van der Waals surface area contributed by atoms with Crippen molar-refractivity contribution in [3.05, 3.63) is 65.6 Å². The van der Waals surface area contributed by atoms with Crippen LogP contribution in [0.3, 0.4) is 0 Å². The molecule has 2 aromatic heterocycles. The van der Waals surface area contributed by atoms with Gasteiger partial charge in [0.2, 0.25) is 0 Å². The summed E-state index contributed by atoms with van der Waals surface area (Å²) >= 11 is 0. The second-order valence-corrected chi connectivity index (χ2v) is 5.60. The van der Waals surface area contributed by atoms with Crippen LogP contribution in [0.25, 0.3) is 5.95 Å². The molecule has 5 heteroatoms. The zero-order valence-electron chi connectivity index (χ0n) is 13.5. The van der Waals surface area contributed by atoms with Gasteiger partial charge in [0.1, 0.15) is 5.82 Å². The third kappa shape index (κ3) is 3.94. The lowest BCUT2D eigenvalue weighted by Gasteiger charge is -2.08. The summed E-state index contributed by atoms with van der Waals surface area (Å²) in [6, 6.07) is 14.4. The molecule has 0 aliphatic heterocycles. The molecule has 0 bridgehead atoms. The molecule has 3 rings (SSSR count). The molecule has 5 nitrogen and oxygen atoms in total. The second-order valence-electron chi connectivity index (χ2n) is 5.60. The van der Waals surface area contributed by atoms with Crippen LogP contribution in [0.15, 0.2) is 48.7 Å². The van der Waals surface area contributed by atoms with Crippen LogP contribution >= 0.6 is 0 Å². The largest absolute Gasteiger partial charge is 0.370 e. The van der Waals surface area contributed by atoms with Crippen molar-refractivity contribution >= 4 is 5.82 Å². The summed E-state index contributed by atoms with van der Waals surface area (Å²) in [5.74, 6) is 1.43. The van der Waals surface area contributed by atoms with Gasteiger partial charge in [-0.25, -0.2) is 9.67 Å². The zero-order valence-corrected chi connectivity index (χ0v) is 13.5. The van der Waals surface area contributed by atoms with E-state index in [1.807, 2.05) is 32.0 Å². The molecule has 0 unspecified atom stereocenters. The molecule has 0 aliphatic carbocycles. The number of nitrogens with one attached hydrogen (secondary N) is 1. The monoisotopic (exact) mass is 307 g/mol. The number of rotatable bonds is 6. The van der Waals surface area contributed by atoms with E-state index in [0.717, 1.165) is 36.6 Å². The van der Waals surface area contributed by atoms with E-state index in [4.69, 9.17) is 0 Å². The molecule has 0 atom stereocenters. The molecule has 2 heterocycles. The summed E-state index contributed by atoms with van der Waals surface area (Å²) in [6.07, 6.45) is 3.88. The molecular formula is C18H21N5. The van der Waals surface area contributed by atoms with Crippen LogP contribution in [-0.4, -0.2) is 26.3 Å². The number of hydrogen-bond acceptors (Lipinski definition) is 4. The maximum absolute atomic E-state index is 4.54. The van der Waals surface area contributed by atoms with Crippen LogP contribution in [0.2, 0.25) is 0 Å². The molecule has 0 saturated heterocycles. The third-order valence-electron chi connectivity index (χ3n) is 3.63. The van der Waals surface area contributed by atoms with Crippen molar-refractivity contribution in [3.8, 4) is 5.95 Å². The quantitative estimate of drug-likeness (QED) is 0.710. The van der Waals surface area contributed by atoms with Crippen LogP contribution < -0.4 is 5.32 Å². The van der Waals surface area contributed by atoms with Gasteiger partial charge in [-0.1, -0.05) is 30.3 Å². The normalized spacial score (nSPS) is 10.7. The molecule has 118 valence electrons. The van der Waals surface area contributed by atoms with Crippen LogP contribution in [0.4, 0.5) is 5.82 Å². The average Bonchev–Trinajstić information content (AvgIpc) is 2.91. The summed E-state index contributed by atoms with van der Waals surface area (Å²) in [5.41, 5.74) is 3.36. The SMILES string of the molecule is Cc1cc(C)n(-c2nccc(NCCCc3ccccc3)n2)n1. The number of aromatic nitrogens is 4. The minimum Gasteiger partial charge on any atom is -0.370 e. The van der Waals surface area contributed by atoms with Crippen molar-refractivity contribution in [1.82, 2.24) is 19.7 Å². The number of benzene rings is 1. The van der Waals surface area contributed by atoms with Crippen molar-refractivity contribution in [2.24, 2.45) is 0 Å². The lowest BCUT2D eigenvalue weighted by molar-refractivity contribution is 0.772. The summed E-state index contributed by atoms with van der Waals surface area (Å²) in [5, 5.41) is 7.78. The summed E-state index contributed by atoms with van der Waals surface area (Å²) in [4.78, 5) is 8.85. The van der Waals surface area contributed by atoms with Gasteiger partial charge in [-0.2, -0.15) is 10.1 Å². The Hall–Kier alpha value is -2.69. The van der Waals surface area contributed by atoms with Crippen molar-refractivity contribution in [1.29, 1.82) is 0 Å². The molecule has 0 fully saturated rings. The first-order chi connectivity index (χ1) is 11.2. The highest BCUT2D eigenvalue weighted by atomic mass is 15.4. The highest BCUT2D eigenvalue weighted by Crippen LogP contribution is 2.10. The first-order valence-electron chi connectivity index (χ1n) is 7.87. The topological polar surface area (TPSA) is 55.6 Å². The molecule has 23 heavy (non-hydrogen) atoms. The maximum Gasteiger partial charge on any atom is 0.252 e. The summed E-state index contributed by atoms with van der Waals surface area (Å²) in [6.45, 7) is 4.85. The summed E-state index contributed by atoms with van der Waals surface area (Å²) < 4.78 is 1.77. The van der Waals surface area contributed by atoms with Crippen molar-refractivity contribution < 1.29 is 0 Å². The van der Waals surface area contributed by atoms with E-state index in [1.54, 1.807) is 10.9 Å². The van der Waals surface area contributed by atoms with Gasteiger partial charge in [-0.05, 0) is 44.4 Å². The standard InChI is InChI=1S/C18H21N5/c1-14-13-15(2)23(22-14)18-20-12-10-17(21-18)19-11-6-9-16-7-4-3-5-8-16/h3-5,7-8,10,12-13H,6,9,11H2,1-2H3,(H,19,20,21). The van der Waals surface area contributed by atoms with Crippen LogP contribution in [0.5, 0.6) is 0 Å². The van der Waals surface area contributed by atoms with E-state index in [2.05, 4.69) is 44.6 Å². The molecule has 0 radical (unpaired) electrons. The van der Waals surface area contributed by atoms with E-state index < -0.39 is 0 Å². The Bertz CT molecular complexity index is 764. The predicted octanol–water partition coefficient (Wildman–Crippen LogP) is 3.32. The van der Waals surface area contributed by atoms with Gasteiger partial charge in [0.15, 0.2) is 0 Å². The third-order valence-corrected chi connectivity index (χ3v) is 3.63. The lowest BCUT2D eigenvalue weighted by atomic mass is 10.1. The number of aryl methyl sites for hydroxylation is 3. The fourth-order valence-electron chi connectivity index (χ4n) is 2.53. The minimum atomic E-state index is 0.601. The van der Waals surface area contributed by atoms with Gasteiger partial charge >= 0.3 is 0 Å². The van der Waals surface area contributed by atoms with Gasteiger partial charge in [0.05, 0.1) is 5.69 Å². The molecule has 3 aromatic rings. The fraction of sp³-hybridized carbons (Fsp3) is 0.278. The van der Waals surface area contributed by atoms with E-state index in [-0.39, 0.29) is 0 Å². The summed E-state index contributed by atoms with van der Waals surface area (Å²) in [7, 11) is 0. The fourth-order valence-corrected chi connectivity index (χ4v) is 2.53. The van der Waals surface area contributed by atoms with Gasteiger partial charge in [0, 0.05) is 18.4 Å². The Morgan fingerprint density at radius 3 is 2.65 bits per heavy atom. The predicted molar refractivity (Wildman–Crippen MR) is 91.9 cm³/mol. The molecule has 0 aliphatic rings. The zero-order chi connectivity index (χ0) is 16.1. The van der Waals surface area contributed by atoms with Gasteiger partial charge in [-0.15, -0.1) is 0 Å². The van der Waals surface area contributed by atoms with Crippen LogP contribution in [-0.2, 0) is 6.42 Å². The van der Waals surface area contributed by atoms with Gasteiger partial charge in [0.25, 0.3) is 5.95 Å². The number of nitrogens with zero attached hydrogens (tertiary/aromatic N) is 4. The van der Waals surface area contributed by atoms with Crippen molar-refractivity contribution in [2.75, 3.05) is 11.9 Å². The maximum atomic E-state index is 4.54. The Morgan fingerprint density at radius 1 is 1.09 bits per heavy atom. The van der Waals surface area contributed by atoms with Gasteiger partial charge < -0.3 is 5.32 Å². The Morgan fingerprint density at radius 2 is 1.91 bits per heavy atom. The van der Waals surface area contributed by atoms with Crippen LogP contribution in [0, 0.1) is 13.8 Å². The number of hydrogen-bond donors (Lipinski definition) is 1. The van der Waals surface area contributed by atoms with E-state index in [0.29, 0.717) is 5.95 Å². The smallest absolute Gasteiger partial charge is 0.252 e. The first kappa shape index (κ1) is 15.2. The van der Waals surface area contributed by atoms with Crippen LogP contribution in [0.1, 0.15) is 23.4 Å². The van der Waals surface area contributed by atoms with Gasteiger partial charge in [-0.3, -0.25) is 0 Å². The highest BCUT2D eigenvalue weighted by Gasteiger charge is 2.07. The molecule has 1 aromatic carbocycles. The minimum absolute atomic E-state index is 0.601. The molecule has 0 saturated carbocycles. The molecule has 1 N–H and O–H groups in total. The molecular weight excluding hydrogens is 286 g/mol. The number of anilines is 1. The van der Waals surface area contributed by atoms with E-state index >= 15 is 0 Å². The first-order valence-corrected chi connectivity index (χ1v) is 7.87. The Labute approximate surface area is 136 Å². The Kier molecular flexibility index (Phi) is 4.66. The second kappa shape index (κ2) is 7.05.